The number of anilines is 3. The molecule has 0 bridgehead atoms. The predicted octanol–water partition coefficient (Wildman–Crippen LogP) is 3.25. The average Bonchev–Trinajstić information content (AvgIpc) is 3.09. The second-order valence-corrected chi connectivity index (χ2v) is 6.05. The smallest absolute Gasteiger partial charge is 0.257 e. The molecule has 0 aliphatic heterocycles. The molecule has 2 aromatic heterocycles. The summed E-state index contributed by atoms with van der Waals surface area (Å²) >= 11 is 0. The van der Waals surface area contributed by atoms with E-state index < -0.39 is 0 Å². The largest absolute Gasteiger partial charge is 0.375 e. The zero-order valence-electron chi connectivity index (χ0n) is 14.2. The molecule has 0 amide bonds. The molecular weight excluding hydrogens is 319 g/mol. The summed E-state index contributed by atoms with van der Waals surface area (Å²) < 4.78 is 16.4. The normalized spacial score (nSPS) is 11.2. The van der Waals surface area contributed by atoms with Crippen molar-refractivity contribution in [3.63, 3.8) is 0 Å². The van der Waals surface area contributed by atoms with Gasteiger partial charge in [0.2, 0.25) is 0 Å². The quantitative estimate of drug-likeness (QED) is 0.575. The molecule has 4 rings (SSSR count). The van der Waals surface area contributed by atoms with E-state index in [0.717, 1.165) is 11.2 Å². The van der Waals surface area contributed by atoms with E-state index in [2.05, 4.69) is 15.2 Å². The maximum absolute atomic E-state index is 14.6. The first-order valence-corrected chi connectivity index (χ1v) is 7.85. The fraction of sp³-hybridized carbons (Fsp3) is 0.167. The fourth-order valence-corrected chi connectivity index (χ4v) is 2.93. The number of para-hydroxylation sites is 1. The number of fused-ring (bicyclic) bond motifs is 3. The summed E-state index contributed by atoms with van der Waals surface area (Å²) in [5.74, 6) is 0.807. The Morgan fingerprint density at radius 3 is 2.52 bits per heavy atom. The molecule has 0 saturated carbocycles. The summed E-state index contributed by atoms with van der Waals surface area (Å²) in [6, 6.07) is 13.1. The van der Waals surface area contributed by atoms with E-state index in [1.54, 1.807) is 21.7 Å². The van der Waals surface area contributed by atoms with Gasteiger partial charge in [0.25, 0.3) is 5.78 Å². The minimum Gasteiger partial charge on any atom is -0.375 e. The lowest BCUT2D eigenvalue weighted by Gasteiger charge is -2.21. The summed E-state index contributed by atoms with van der Waals surface area (Å²) in [6.07, 6.45) is 1.59. The molecule has 0 saturated heterocycles. The topological polar surface area (TPSA) is 49.6 Å². The van der Waals surface area contributed by atoms with Gasteiger partial charge >= 0.3 is 0 Å². The van der Waals surface area contributed by atoms with Crippen LogP contribution in [0.25, 0.3) is 16.7 Å². The molecule has 0 radical (unpaired) electrons. The van der Waals surface area contributed by atoms with Crippen molar-refractivity contribution in [2.24, 2.45) is 0 Å². The minimum absolute atomic E-state index is 0.297. The Hall–Kier alpha value is -3.22. The highest BCUT2D eigenvalue weighted by atomic mass is 19.1. The first-order valence-electron chi connectivity index (χ1n) is 7.85. The number of halogens is 1. The van der Waals surface area contributed by atoms with Crippen molar-refractivity contribution < 1.29 is 4.39 Å². The Morgan fingerprint density at radius 1 is 1.04 bits per heavy atom. The van der Waals surface area contributed by atoms with Crippen molar-refractivity contribution in [1.29, 1.82) is 0 Å². The molecule has 0 unspecified atom stereocenters. The zero-order chi connectivity index (χ0) is 17.6. The van der Waals surface area contributed by atoms with Gasteiger partial charge in [0.15, 0.2) is 0 Å². The Balaban J connectivity index is 2.04. The second kappa shape index (κ2) is 5.70. The van der Waals surface area contributed by atoms with E-state index in [1.165, 1.54) is 6.07 Å². The third-order valence-corrected chi connectivity index (χ3v) is 4.24. The molecule has 0 spiro atoms. The minimum atomic E-state index is -0.297. The van der Waals surface area contributed by atoms with Crippen LogP contribution in [0.4, 0.5) is 21.6 Å². The third kappa shape index (κ3) is 2.44. The van der Waals surface area contributed by atoms with Crippen molar-refractivity contribution >= 4 is 33.9 Å². The molecule has 7 heteroatoms. The van der Waals surface area contributed by atoms with Crippen molar-refractivity contribution in [1.82, 2.24) is 19.6 Å². The lowest BCUT2D eigenvalue weighted by Crippen LogP contribution is -2.14. The first-order chi connectivity index (χ1) is 12.1. The number of benzene rings is 2. The van der Waals surface area contributed by atoms with E-state index in [1.807, 2.05) is 56.4 Å². The molecule has 0 fully saturated rings. The number of aromatic nitrogens is 4. The van der Waals surface area contributed by atoms with Crippen molar-refractivity contribution in [3.8, 4) is 0 Å². The molecule has 6 nitrogen and oxygen atoms in total. The maximum Gasteiger partial charge on any atom is 0.257 e. The van der Waals surface area contributed by atoms with Crippen molar-refractivity contribution in [2.75, 3.05) is 30.9 Å². The van der Waals surface area contributed by atoms with Gasteiger partial charge in [-0.15, -0.1) is 10.2 Å². The van der Waals surface area contributed by atoms with Crippen LogP contribution < -0.4 is 9.80 Å². The predicted molar refractivity (Wildman–Crippen MR) is 97.1 cm³/mol. The Morgan fingerprint density at radius 2 is 1.80 bits per heavy atom. The molecule has 126 valence electrons. The summed E-state index contributed by atoms with van der Waals surface area (Å²) in [5.41, 5.74) is 2.26. The molecule has 2 heterocycles. The summed E-state index contributed by atoms with van der Waals surface area (Å²) in [6.45, 7) is 0. The Bertz CT molecular complexity index is 1060. The summed E-state index contributed by atoms with van der Waals surface area (Å²) in [5, 5.41) is 8.71. The van der Waals surface area contributed by atoms with Crippen LogP contribution in [0.1, 0.15) is 0 Å². The number of rotatable bonds is 3. The van der Waals surface area contributed by atoms with Crippen LogP contribution in [0, 0.1) is 5.82 Å². The zero-order valence-corrected chi connectivity index (χ0v) is 14.2. The highest BCUT2D eigenvalue weighted by Gasteiger charge is 2.17. The fourth-order valence-electron chi connectivity index (χ4n) is 2.93. The monoisotopic (exact) mass is 336 g/mol. The van der Waals surface area contributed by atoms with Gasteiger partial charge in [0, 0.05) is 32.2 Å². The van der Waals surface area contributed by atoms with Crippen LogP contribution >= 0.6 is 0 Å². The van der Waals surface area contributed by atoms with Crippen LogP contribution in [0.3, 0.4) is 0 Å². The molecule has 4 aromatic rings. The third-order valence-electron chi connectivity index (χ3n) is 4.24. The van der Waals surface area contributed by atoms with Crippen LogP contribution in [-0.4, -0.2) is 40.7 Å². The Labute approximate surface area is 144 Å². The van der Waals surface area contributed by atoms with Crippen LogP contribution in [-0.2, 0) is 0 Å². The van der Waals surface area contributed by atoms with Gasteiger partial charge < -0.3 is 9.80 Å². The average molecular weight is 336 g/mol. The second-order valence-electron chi connectivity index (χ2n) is 6.05. The maximum atomic E-state index is 14.6. The number of hydrogen-bond acceptors (Lipinski definition) is 5. The van der Waals surface area contributed by atoms with Gasteiger partial charge in [-0.25, -0.2) is 4.39 Å². The Kier molecular flexibility index (Phi) is 3.49. The van der Waals surface area contributed by atoms with E-state index in [-0.39, 0.29) is 5.82 Å². The van der Waals surface area contributed by atoms with E-state index in [0.29, 0.717) is 22.7 Å². The first kappa shape index (κ1) is 15.3. The van der Waals surface area contributed by atoms with Crippen LogP contribution in [0.2, 0.25) is 0 Å². The summed E-state index contributed by atoms with van der Waals surface area (Å²) in [7, 11) is 5.53. The van der Waals surface area contributed by atoms with Crippen LogP contribution in [0.15, 0.2) is 48.8 Å². The van der Waals surface area contributed by atoms with Gasteiger partial charge in [-0.2, -0.15) is 4.98 Å². The SMILES string of the molecule is CN(C)c1cc2c(cc1F)c(N(C)c1ccccc1)nc1nncn12. The highest BCUT2D eigenvalue weighted by Crippen LogP contribution is 2.33. The van der Waals surface area contributed by atoms with Gasteiger partial charge in [-0.3, -0.25) is 4.40 Å². The lowest BCUT2D eigenvalue weighted by atomic mass is 10.1. The molecule has 0 atom stereocenters. The van der Waals surface area contributed by atoms with Gasteiger partial charge in [0.1, 0.15) is 18.0 Å². The molecule has 25 heavy (non-hydrogen) atoms. The van der Waals surface area contributed by atoms with E-state index in [9.17, 15) is 4.39 Å². The highest BCUT2D eigenvalue weighted by molar-refractivity contribution is 5.95. The molecule has 0 aliphatic carbocycles. The number of nitrogens with zero attached hydrogens (tertiary/aromatic N) is 6. The molecule has 2 aromatic carbocycles. The molecule has 0 N–H and O–H groups in total. The standard InChI is InChI=1S/C18H17FN6/c1-23(2)16-10-15-13(9-14(16)19)17(21-18-22-20-11-25(15)18)24(3)12-7-5-4-6-8-12/h4-11H,1-3H3. The van der Waals surface area contributed by atoms with Gasteiger partial charge in [-0.1, -0.05) is 18.2 Å². The van der Waals surface area contributed by atoms with E-state index >= 15 is 0 Å². The van der Waals surface area contributed by atoms with Gasteiger partial charge in [0.05, 0.1) is 11.2 Å². The van der Waals surface area contributed by atoms with Crippen molar-refractivity contribution in [2.45, 2.75) is 0 Å². The molecular formula is C18H17FN6. The van der Waals surface area contributed by atoms with Gasteiger partial charge in [-0.05, 0) is 24.3 Å². The van der Waals surface area contributed by atoms with Crippen molar-refractivity contribution in [3.05, 3.63) is 54.6 Å². The van der Waals surface area contributed by atoms with E-state index in [4.69, 9.17) is 0 Å². The van der Waals surface area contributed by atoms with Crippen LogP contribution in [0.5, 0.6) is 0 Å². The molecule has 0 aliphatic rings. The lowest BCUT2D eigenvalue weighted by molar-refractivity contribution is 0.628. The summed E-state index contributed by atoms with van der Waals surface area (Å²) in [4.78, 5) is 8.25. The number of hydrogen-bond donors (Lipinski definition) is 0.